The Bertz CT molecular complexity index is 790. The highest BCUT2D eigenvalue weighted by molar-refractivity contribution is 5.98. The summed E-state index contributed by atoms with van der Waals surface area (Å²) in [6, 6.07) is 10.1. The van der Waals surface area contributed by atoms with Crippen molar-refractivity contribution in [3.05, 3.63) is 65.2 Å². The van der Waals surface area contributed by atoms with Gasteiger partial charge < -0.3 is 10.2 Å². The van der Waals surface area contributed by atoms with Crippen LogP contribution in [-0.4, -0.2) is 24.4 Å². The molecule has 0 saturated carbocycles. The molecule has 0 aliphatic carbocycles. The van der Waals surface area contributed by atoms with E-state index in [1.54, 1.807) is 4.90 Å². The molecule has 1 N–H and O–H groups in total. The number of benzene rings is 2. The van der Waals surface area contributed by atoms with Crippen LogP contribution in [0.4, 0.5) is 14.5 Å². The third-order valence-electron chi connectivity index (χ3n) is 3.99. The molecule has 1 aliphatic rings. The van der Waals surface area contributed by atoms with Crippen LogP contribution in [0.25, 0.3) is 0 Å². The maximum Gasteiger partial charge on any atom is 0.251 e. The first-order valence-corrected chi connectivity index (χ1v) is 7.57. The number of anilines is 1. The predicted molar refractivity (Wildman–Crippen MR) is 85.8 cm³/mol. The van der Waals surface area contributed by atoms with Crippen LogP contribution in [-0.2, 0) is 4.79 Å². The fourth-order valence-corrected chi connectivity index (χ4v) is 2.68. The van der Waals surface area contributed by atoms with Gasteiger partial charge in [-0.05, 0) is 37.3 Å². The SMILES string of the molecule is Cc1ccc(N2C[C@H](NC(=O)c3ccc(F)c(F)c3)CC2=O)cc1. The summed E-state index contributed by atoms with van der Waals surface area (Å²) < 4.78 is 26.1. The van der Waals surface area contributed by atoms with E-state index in [0.29, 0.717) is 6.54 Å². The van der Waals surface area contributed by atoms with Crippen molar-refractivity contribution in [2.75, 3.05) is 11.4 Å². The summed E-state index contributed by atoms with van der Waals surface area (Å²) in [7, 11) is 0. The molecule has 2 amide bonds. The number of carbonyl (C=O) groups excluding carboxylic acids is 2. The van der Waals surface area contributed by atoms with E-state index in [4.69, 9.17) is 0 Å². The van der Waals surface area contributed by atoms with Crippen LogP contribution in [0, 0.1) is 18.6 Å². The van der Waals surface area contributed by atoms with Crippen molar-refractivity contribution in [3.8, 4) is 0 Å². The topological polar surface area (TPSA) is 49.4 Å². The van der Waals surface area contributed by atoms with Gasteiger partial charge in [-0.2, -0.15) is 0 Å². The fraction of sp³-hybridized carbons (Fsp3) is 0.222. The Balaban J connectivity index is 1.68. The number of nitrogens with one attached hydrogen (secondary N) is 1. The molecule has 2 aromatic carbocycles. The van der Waals surface area contributed by atoms with Crippen LogP contribution in [0.15, 0.2) is 42.5 Å². The first-order chi connectivity index (χ1) is 11.4. The van der Waals surface area contributed by atoms with E-state index in [2.05, 4.69) is 5.32 Å². The fourth-order valence-electron chi connectivity index (χ4n) is 2.68. The molecule has 4 nitrogen and oxygen atoms in total. The summed E-state index contributed by atoms with van der Waals surface area (Å²) in [6.45, 7) is 2.30. The van der Waals surface area contributed by atoms with Crippen molar-refractivity contribution in [1.82, 2.24) is 5.32 Å². The lowest BCUT2D eigenvalue weighted by Gasteiger charge is -2.17. The molecule has 2 aromatic rings. The van der Waals surface area contributed by atoms with Gasteiger partial charge in [0.1, 0.15) is 0 Å². The second-order valence-corrected chi connectivity index (χ2v) is 5.84. The zero-order valence-electron chi connectivity index (χ0n) is 13.1. The Hall–Kier alpha value is -2.76. The molecule has 1 saturated heterocycles. The smallest absolute Gasteiger partial charge is 0.251 e. The lowest BCUT2D eigenvalue weighted by atomic mass is 10.1. The molecule has 0 radical (unpaired) electrons. The van der Waals surface area contributed by atoms with Crippen molar-refractivity contribution >= 4 is 17.5 Å². The molecule has 1 aliphatic heterocycles. The van der Waals surface area contributed by atoms with Gasteiger partial charge >= 0.3 is 0 Å². The van der Waals surface area contributed by atoms with Crippen molar-refractivity contribution in [1.29, 1.82) is 0 Å². The summed E-state index contributed by atoms with van der Waals surface area (Å²) in [4.78, 5) is 25.9. The van der Waals surface area contributed by atoms with Crippen molar-refractivity contribution < 1.29 is 18.4 Å². The number of halogens is 2. The number of amides is 2. The molecule has 24 heavy (non-hydrogen) atoms. The van der Waals surface area contributed by atoms with Crippen LogP contribution < -0.4 is 10.2 Å². The average Bonchev–Trinajstić information content (AvgIpc) is 2.91. The predicted octanol–water partition coefficient (Wildman–Crippen LogP) is 2.81. The van der Waals surface area contributed by atoms with E-state index in [-0.39, 0.29) is 23.9 Å². The van der Waals surface area contributed by atoms with E-state index in [0.717, 1.165) is 23.4 Å². The van der Waals surface area contributed by atoms with E-state index >= 15 is 0 Å². The molecule has 6 heteroatoms. The van der Waals surface area contributed by atoms with Crippen LogP contribution >= 0.6 is 0 Å². The minimum Gasteiger partial charge on any atom is -0.347 e. The minimum atomic E-state index is -1.08. The van der Waals surface area contributed by atoms with Gasteiger partial charge in [0, 0.05) is 24.2 Å². The number of carbonyl (C=O) groups is 2. The molecular weight excluding hydrogens is 314 g/mol. The number of nitrogens with zero attached hydrogens (tertiary/aromatic N) is 1. The highest BCUT2D eigenvalue weighted by Crippen LogP contribution is 2.22. The molecular formula is C18H16F2N2O2. The summed E-state index contributed by atoms with van der Waals surface area (Å²) in [5, 5.41) is 2.69. The van der Waals surface area contributed by atoms with Gasteiger partial charge in [-0.3, -0.25) is 9.59 Å². The summed E-state index contributed by atoms with van der Waals surface area (Å²) in [5.74, 6) is -2.70. The Morgan fingerprint density at radius 3 is 2.50 bits per heavy atom. The molecule has 0 aromatic heterocycles. The monoisotopic (exact) mass is 330 g/mol. The molecule has 3 rings (SSSR count). The van der Waals surface area contributed by atoms with E-state index < -0.39 is 17.5 Å². The maximum atomic E-state index is 13.2. The second kappa shape index (κ2) is 6.39. The van der Waals surface area contributed by atoms with E-state index in [1.165, 1.54) is 6.07 Å². The lowest BCUT2D eigenvalue weighted by molar-refractivity contribution is -0.117. The van der Waals surface area contributed by atoms with Gasteiger partial charge in [0.25, 0.3) is 5.91 Å². The Labute approximate surface area is 138 Å². The highest BCUT2D eigenvalue weighted by Gasteiger charge is 2.31. The highest BCUT2D eigenvalue weighted by atomic mass is 19.2. The molecule has 1 atom stereocenters. The van der Waals surface area contributed by atoms with Crippen molar-refractivity contribution in [3.63, 3.8) is 0 Å². The third kappa shape index (κ3) is 3.27. The van der Waals surface area contributed by atoms with Crippen LogP contribution in [0.3, 0.4) is 0 Å². The van der Waals surface area contributed by atoms with Gasteiger partial charge in [0.05, 0.1) is 6.04 Å². The van der Waals surface area contributed by atoms with Gasteiger partial charge in [-0.25, -0.2) is 8.78 Å². The number of hydrogen-bond acceptors (Lipinski definition) is 2. The van der Waals surface area contributed by atoms with Gasteiger partial charge in [-0.15, -0.1) is 0 Å². The Kier molecular flexibility index (Phi) is 4.29. The summed E-state index contributed by atoms with van der Waals surface area (Å²) in [6.07, 6.45) is 0.170. The first kappa shape index (κ1) is 16.1. The van der Waals surface area contributed by atoms with Gasteiger partial charge in [0.15, 0.2) is 11.6 Å². The van der Waals surface area contributed by atoms with Gasteiger partial charge in [-0.1, -0.05) is 17.7 Å². The minimum absolute atomic E-state index is 0.0233. The summed E-state index contributed by atoms with van der Waals surface area (Å²) >= 11 is 0. The van der Waals surface area contributed by atoms with Crippen molar-refractivity contribution in [2.24, 2.45) is 0 Å². The van der Waals surface area contributed by atoms with Crippen LogP contribution in [0.5, 0.6) is 0 Å². The largest absolute Gasteiger partial charge is 0.347 e. The second-order valence-electron chi connectivity index (χ2n) is 5.84. The first-order valence-electron chi connectivity index (χ1n) is 7.57. The zero-order chi connectivity index (χ0) is 17.3. The Morgan fingerprint density at radius 1 is 1.12 bits per heavy atom. The van der Waals surface area contributed by atoms with Crippen LogP contribution in [0.1, 0.15) is 22.3 Å². The summed E-state index contributed by atoms with van der Waals surface area (Å²) in [5.41, 5.74) is 1.89. The maximum absolute atomic E-state index is 13.2. The zero-order valence-corrected chi connectivity index (χ0v) is 13.1. The van der Waals surface area contributed by atoms with E-state index in [1.807, 2.05) is 31.2 Å². The molecule has 1 heterocycles. The standard InChI is InChI=1S/C18H16F2N2O2/c1-11-2-5-14(6-3-11)22-10-13(9-17(22)23)21-18(24)12-4-7-15(19)16(20)8-12/h2-8,13H,9-10H2,1H3,(H,21,24)/t13-/m1/s1. The average molecular weight is 330 g/mol. The number of hydrogen-bond donors (Lipinski definition) is 1. The third-order valence-corrected chi connectivity index (χ3v) is 3.99. The van der Waals surface area contributed by atoms with E-state index in [9.17, 15) is 18.4 Å². The molecule has 0 unspecified atom stereocenters. The number of aryl methyl sites for hydroxylation is 1. The van der Waals surface area contributed by atoms with Crippen LogP contribution in [0.2, 0.25) is 0 Å². The number of rotatable bonds is 3. The molecule has 1 fully saturated rings. The normalized spacial score (nSPS) is 17.2. The van der Waals surface area contributed by atoms with Gasteiger partial charge in [0.2, 0.25) is 5.91 Å². The van der Waals surface area contributed by atoms with Crippen molar-refractivity contribution in [2.45, 2.75) is 19.4 Å². The molecule has 124 valence electrons. The Morgan fingerprint density at radius 2 is 1.83 bits per heavy atom. The quantitative estimate of drug-likeness (QED) is 0.941. The lowest BCUT2D eigenvalue weighted by Crippen LogP contribution is -2.37. The molecule has 0 bridgehead atoms. The molecule has 0 spiro atoms.